The number of Topliss-reactive ketones (excluding diaryl/α,β-unsaturated/α-hetero) is 1. The highest BCUT2D eigenvalue weighted by Crippen LogP contribution is 2.22. The van der Waals surface area contributed by atoms with Gasteiger partial charge in [-0.1, -0.05) is 11.6 Å². The Morgan fingerprint density at radius 3 is 2.59 bits per heavy atom. The van der Waals surface area contributed by atoms with Crippen molar-refractivity contribution in [1.82, 2.24) is 9.55 Å². The van der Waals surface area contributed by atoms with Crippen molar-refractivity contribution in [3.05, 3.63) is 32.1 Å². The zero-order valence-electron chi connectivity index (χ0n) is 9.24. The van der Waals surface area contributed by atoms with Crippen LogP contribution in [0.3, 0.4) is 0 Å². The molecule has 1 aliphatic rings. The molecule has 0 amide bonds. The SMILES string of the molecule is O=C1CCC(Cn2cc(Cl)c(=O)[nH]c2=O)CC1. The third-order valence-electron chi connectivity index (χ3n) is 3.09. The summed E-state index contributed by atoms with van der Waals surface area (Å²) in [7, 11) is 0. The van der Waals surface area contributed by atoms with Gasteiger partial charge in [0.15, 0.2) is 0 Å². The molecular weight excluding hydrogens is 244 g/mol. The van der Waals surface area contributed by atoms with Crippen molar-refractivity contribution in [3.8, 4) is 0 Å². The third kappa shape index (κ3) is 2.85. The number of carbonyl (C=O) groups excluding carboxylic acids is 1. The van der Waals surface area contributed by atoms with Crippen LogP contribution in [0.25, 0.3) is 0 Å². The van der Waals surface area contributed by atoms with Crippen LogP contribution in [0.15, 0.2) is 15.8 Å². The van der Waals surface area contributed by atoms with Crippen LogP contribution in [-0.4, -0.2) is 15.3 Å². The van der Waals surface area contributed by atoms with E-state index in [-0.39, 0.29) is 10.8 Å². The average molecular weight is 257 g/mol. The largest absolute Gasteiger partial charge is 0.328 e. The highest BCUT2D eigenvalue weighted by molar-refractivity contribution is 6.30. The number of H-pyrrole nitrogens is 1. The van der Waals surface area contributed by atoms with Crippen LogP contribution in [0.4, 0.5) is 0 Å². The Morgan fingerprint density at radius 2 is 1.94 bits per heavy atom. The molecule has 1 heterocycles. The van der Waals surface area contributed by atoms with E-state index in [1.807, 2.05) is 0 Å². The van der Waals surface area contributed by atoms with Crippen LogP contribution in [0.2, 0.25) is 5.02 Å². The first kappa shape index (κ1) is 12.1. The Balaban J connectivity index is 2.14. The number of halogens is 1. The van der Waals surface area contributed by atoms with Crippen molar-refractivity contribution in [3.63, 3.8) is 0 Å². The van der Waals surface area contributed by atoms with Crippen molar-refractivity contribution < 1.29 is 4.79 Å². The first-order chi connectivity index (χ1) is 8.06. The van der Waals surface area contributed by atoms with E-state index < -0.39 is 11.2 Å². The topological polar surface area (TPSA) is 71.9 Å². The Hall–Kier alpha value is -1.36. The van der Waals surface area contributed by atoms with Crippen molar-refractivity contribution in [2.75, 3.05) is 0 Å². The molecule has 1 saturated carbocycles. The summed E-state index contributed by atoms with van der Waals surface area (Å²) in [6.45, 7) is 0.503. The summed E-state index contributed by atoms with van der Waals surface area (Å²) in [6.07, 6.45) is 4.11. The molecular formula is C11H13ClN2O3. The second kappa shape index (κ2) is 4.87. The van der Waals surface area contributed by atoms with Crippen LogP contribution < -0.4 is 11.2 Å². The fourth-order valence-electron chi connectivity index (χ4n) is 2.08. The summed E-state index contributed by atoms with van der Waals surface area (Å²) in [5.41, 5.74) is -1.01. The molecule has 0 unspecified atom stereocenters. The van der Waals surface area contributed by atoms with E-state index in [4.69, 9.17) is 11.6 Å². The lowest BCUT2D eigenvalue weighted by Gasteiger charge is -2.21. The maximum absolute atomic E-state index is 11.5. The molecule has 0 radical (unpaired) electrons. The minimum absolute atomic E-state index is 0.0106. The van der Waals surface area contributed by atoms with Crippen LogP contribution in [0.1, 0.15) is 25.7 Å². The Kier molecular flexibility index (Phi) is 3.47. The van der Waals surface area contributed by atoms with Gasteiger partial charge in [-0.15, -0.1) is 0 Å². The van der Waals surface area contributed by atoms with Crippen LogP contribution in [0, 0.1) is 5.92 Å². The molecule has 0 bridgehead atoms. The number of aromatic nitrogens is 2. The fraction of sp³-hybridized carbons (Fsp3) is 0.545. The molecule has 92 valence electrons. The van der Waals surface area contributed by atoms with E-state index in [0.717, 1.165) is 12.8 Å². The fourth-order valence-corrected chi connectivity index (χ4v) is 2.24. The molecule has 2 rings (SSSR count). The number of hydrogen-bond donors (Lipinski definition) is 1. The molecule has 1 aromatic rings. The highest BCUT2D eigenvalue weighted by atomic mass is 35.5. The number of ketones is 1. The molecule has 1 aromatic heterocycles. The smallest absolute Gasteiger partial charge is 0.300 e. The molecule has 6 heteroatoms. The molecule has 1 fully saturated rings. The maximum atomic E-state index is 11.5. The van der Waals surface area contributed by atoms with E-state index in [1.54, 1.807) is 0 Å². The number of nitrogens with one attached hydrogen (secondary N) is 1. The van der Waals surface area contributed by atoms with Gasteiger partial charge in [0, 0.05) is 25.6 Å². The van der Waals surface area contributed by atoms with Crippen LogP contribution >= 0.6 is 11.6 Å². The summed E-state index contributed by atoms with van der Waals surface area (Å²) >= 11 is 5.67. The van der Waals surface area contributed by atoms with E-state index in [0.29, 0.717) is 25.3 Å². The van der Waals surface area contributed by atoms with Crippen LogP contribution in [-0.2, 0) is 11.3 Å². The molecule has 1 aliphatic carbocycles. The van der Waals surface area contributed by atoms with Gasteiger partial charge in [-0.05, 0) is 18.8 Å². The van der Waals surface area contributed by atoms with E-state index >= 15 is 0 Å². The van der Waals surface area contributed by atoms with Crippen molar-refractivity contribution in [2.45, 2.75) is 32.2 Å². The molecule has 17 heavy (non-hydrogen) atoms. The predicted octanol–water partition coefficient (Wildman–Crippen LogP) is 0.949. The summed E-state index contributed by atoms with van der Waals surface area (Å²) in [5, 5.41) is 0.0106. The highest BCUT2D eigenvalue weighted by Gasteiger charge is 2.19. The van der Waals surface area contributed by atoms with Crippen molar-refractivity contribution >= 4 is 17.4 Å². The lowest BCUT2D eigenvalue weighted by molar-refractivity contribution is -0.121. The van der Waals surface area contributed by atoms with E-state index in [9.17, 15) is 14.4 Å². The average Bonchev–Trinajstić information content (AvgIpc) is 2.29. The van der Waals surface area contributed by atoms with Crippen molar-refractivity contribution in [2.24, 2.45) is 5.92 Å². The van der Waals surface area contributed by atoms with E-state index in [2.05, 4.69) is 4.98 Å². The van der Waals surface area contributed by atoms with Gasteiger partial charge in [0.05, 0.1) is 0 Å². The lowest BCUT2D eigenvalue weighted by Crippen LogP contribution is -2.32. The van der Waals surface area contributed by atoms with Gasteiger partial charge in [0.1, 0.15) is 10.8 Å². The monoisotopic (exact) mass is 256 g/mol. The second-order valence-corrected chi connectivity index (χ2v) is 4.78. The minimum atomic E-state index is -0.563. The molecule has 0 aliphatic heterocycles. The van der Waals surface area contributed by atoms with Crippen LogP contribution in [0.5, 0.6) is 0 Å². The first-order valence-corrected chi connectivity index (χ1v) is 5.95. The maximum Gasteiger partial charge on any atom is 0.328 e. The van der Waals surface area contributed by atoms with Gasteiger partial charge < -0.3 is 0 Å². The van der Waals surface area contributed by atoms with E-state index in [1.165, 1.54) is 10.8 Å². The summed E-state index contributed by atoms with van der Waals surface area (Å²) < 4.78 is 1.41. The summed E-state index contributed by atoms with van der Waals surface area (Å²) in [5.74, 6) is 0.584. The lowest BCUT2D eigenvalue weighted by atomic mass is 9.88. The Labute approximate surface area is 102 Å². The number of hydrogen-bond acceptors (Lipinski definition) is 3. The zero-order chi connectivity index (χ0) is 12.4. The molecule has 0 atom stereocenters. The third-order valence-corrected chi connectivity index (χ3v) is 3.35. The number of nitrogens with zero attached hydrogens (tertiary/aromatic N) is 1. The Bertz CT molecular complexity index is 536. The first-order valence-electron chi connectivity index (χ1n) is 5.57. The predicted molar refractivity (Wildman–Crippen MR) is 63.3 cm³/mol. The Morgan fingerprint density at radius 1 is 1.29 bits per heavy atom. The molecule has 0 saturated heterocycles. The van der Waals surface area contributed by atoms with Gasteiger partial charge in [0.25, 0.3) is 5.56 Å². The quantitative estimate of drug-likeness (QED) is 0.856. The molecule has 0 spiro atoms. The van der Waals surface area contributed by atoms with Gasteiger partial charge >= 0.3 is 5.69 Å². The molecule has 1 N–H and O–H groups in total. The van der Waals surface area contributed by atoms with Gasteiger partial charge in [-0.3, -0.25) is 19.1 Å². The zero-order valence-corrected chi connectivity index (χ0v) is 10.00. The van der Waals surface area contributed by atoms with Gasteiger partial charge in [0.2, 0.25) is 0 Å². The summed E-state index contributed by atoms with van der Waals surface area (Å²) in [6, 6.07) is 0. The standard InChI is InChI=1S/C11H13ClN2O3/c12-9-6-14(11(17)13-10(9)16)5-7-1-3-8(15)4-2-7/h6-7H,1-5H2,(H,13,16,17). The molecule has 5 nitrogen and oxygen atoms in total. The molecule has 0 aromatic carbocycles. The van der Waals surface area contributed by atoms with Crippen molar-refractivity contribution in [1.29, 1.82) is 0 Å². The normalized spacial score (nSPS) is 17.4. The number of carbonyl (C=O) groups is 1. The minimum Gasteiger partial charge on any atom is -0.300 e. The second-order valence-electron chi connectivity index (χ2n) is 4.37. The van der Waals surface area contributed by atoms with Gasteiger partial charge in [-0.2, -0.15) is 0 Å². The van der Waals surface area contributed by atoms with Gasteiger partial charge in [-0.25, -0.2) is 4.79 Å². The number of aromatic amines is 1. The number of rotatable bonds is 2. The summed E-state index contributed by atoms with van der Waals surface area (Å²) in [4.78, 5) is 35.8.